The number of carbonyl (C=O) groups is 1. The van der Waals surface area contributed by atoms with Gasteiger partial charge in [-0.25, -0.2) is 0 Å². The molecule has 0 aromatic rings. The van der Waals surface area contributed by atoms with Crippen molar-refractivity contribution in [1.29, 1.82) is 0 Å². The Kier molecular flexibility index (Phi) is 2.02. The lowest BCUT2D eigenvalue weighted by molar-refractivity contribution is -0.119. The van der Waals surface area contributed by atoms with Crippen molar-refractivity contribution in [1.82, 2.24) is 0 Å². The van der Waals surface area contributed by atoms with Gasteiger partial charge in [0, 0.05) is 0 Å². The Morgan fingerprint density at radius 2 is 1.92 bits per heavy atom. The fraction of sp³-hybridized carbons (Fsp3) is 0.700. The third-order valence-electron chi connectivity index (χ3n) is 2.73. The molecule has 2 nitrogen and oxygen atoms in total. The minimum absolute atomic E-state index is 0.0485. The van der Waals surface area contributed by atoms with E-state index < -0.39 is 0 Å². The second-order valence-electron chi connectivity index (χ2n) is 4.47. The molecule has 1 saturated carbocycles. The van der Waals surface area contributed by atoms with Crippen LogP contribution in [0.2, 0.25) is 0 Å². The highest BCUT2D eigenvalue weighted by molar-refractivity contribution is 5.81. The van der Waals surface area contributed by atoms with Crippen LogP contribution in [-0.4, -0.2) is 5.91 Å². The molecular weight excluding hydrogens is 150 g/mol. The number of allylic oxidation sites excluding steroid dienone is 2. The van der Waals surface area contributed by atoms with Gasteiger partial charge in [0.25, 0.3) is 0 Å². The molecule has 0 aliphatic heterocycles. The average molecular weight is 167 g/mol. The van der Waals surface area contributed by atoms with Gasteiger partial charge >= 0.3 is 0 Å². The highest BCUT2D eigenvalue weighted by Crippen LogP contribution is 2.58. The summed E-state index contributed by atoms with van der Waals surface area (Å²) in [4.78, 5) is 11.0. The van der Waals surface area contributed by atoms with Crippen molar-refractivity contribution in [2.75, 3.05) is 0 Å². The van der Waals surface area contributed by atoms with Crippen molar-refractivity contribution in [3.05, 3.63) is 11.6 Å². The van der Waals surface area contributed by atoms with Gasteiger partial charge in [0.2, 0.25) is 5.91 Å². The van der Waals surface area contributed by atoms with E-state index in [0.29, 0.717) is 5.92 Å². The molecule has 1 aliphatic carbocycles. The summed E-state index contributed by atoms with van der Waals surface area (Å²) in [5.41, 5.74) is 6.62. The molecule has 0 saturated heterocycles. The molecule has 68 valence electrons. The van der Waals surface area contributed by atoms with Crippen LogP contribution in [0.25, 0.3) is 0 Å². The topological polar surface area (TPSA) is 43.1 Å². The Morgan fingerprint density at radius 3 is 2.17 bits per heavy atom. The molecule has 0 unspecified atom stereocenters. The van der Waals surface area contributed by atoms with E-state index >= 15 is 0 Å². The normalized spacial score (nSPS) is 31.0. The van der Waals surface area contributed by atoms with Crippen LogP contribution in [0.3, 0.4) is 0 Å². The largest absolute Gasteiger partial charge is 0.369 e. The molecule has 0 aromatic carbocycles. The van der Waals surface area contributed by atoms with Crippen LogP contribution in [0.1, 0.15) is 27.7 Å². The Balaban J connectivity index is 2.73. The predicted molar refractivity (Wildman–Crippen MR) is 49.4 cm³/mol. The first-order chi connectivity index (χ1) is 5.37. The summed E-state index contributed by atoms with van der Waals surface area (Å²) >= 11 is 0. The summed E-state index contributed by atoms with van der Waals surface area (Å²) in [5, 5.41) is 0. The Morgan fingerprint density at radius 1 is 1.42 bits per heavy atom. The fourth-order valence-corrected chi connectivity index (χ4v) is 1.89. The molecule has 0 radical (unpaired) electrons. The van der Waals surface area contributed by atoms with Gasteiger partial charge in [0.15, 0.2) is 0 Å². The Bertz CT molecular complexity index is 236. The average Bonchev–Trinajstić information content (AvgIpc) is 2.32. The van der Waals surface area contributed by atoms with E-state index in [1.807, 2.05) is 13.8 Å². The number of carbonyl (C=O) groups excluding carboxylic acids is 1. The van der Waals surface area contributed by atoms with E-state index in [9.17, 15) is 4.79 Å². The molecule has 1 rings (SSSR count). The van der Waals surface area contributed by atoms with Gasteiger partial charge in [-0.15, -0.1) is 0 Å². The molecule has 1 amide bonds. The number of amides is 1. The zero-order chi connectivity index (χ0) is 9.52. The monoisotopic (exact) mass is 167 g/mol. The minimum atomic E-state index is -0.164. The molecule has 1 fully saturated rings. The molecule has 2 atom stereocenters. The summed E-state index contributed by atoms with van der Waals surface area (Å²) in [5.74, 6) is 0.245. The maximum Gasteiger partial charge on any atom is 0.221 e. The molecule has 1 aliphatic rings. The van der Waals surface area contributed by atoms with Crippen LogP contribution in [0.4, 0.5) is 0 Å². The van der Waals surface area contributed by atoms with Crippen LogP contribution in [0, 0.1) is 17.3 Å². The van der Waals surface area contributed by atoms with Crippen LogP contribution in [0.5, 0.6) is 0 Å². The van der Waals surface area contributed by atoms with Crippen LogP contribution in [0.15, 0.2) is 11.6 Å². The zero-order valence-electron chi connectivity index (χ0n) is 8.22. The number of nitrogens with two attached hydrogens (primary N) is 1. The molecular formula is C10H17NO. The van der Waals surface area contributed by atoms with Crippen molar-refractivity contribution in [3.63, 3.8) is 0 Å². The lowest BCUT2D eigenvalue weighted by Crippen LogP contribution is -2.16. The predicted octanol–water partition coefficient (Wildman–Crippen LogP) is 1.71. The summed E-state index contributed by atoms with van der Waals surface area (Å²) in [7, 11) is 0. The highest BCUT2D eigenvalue weighted by Gasteiger charge is 2.59. The number of rotatable bonds is 2. The third kappa shape index (κ3) is 1.38. The lowest BCUT2D eigenvalue weighted by Gasteiger charge is -1.97. The number of hydrogen-bond donors (Lipinski definition) is 1. The first kappa shape index (κ1) is 9.30. The summed E-state index contributed by atoms with van der Waals surface area (Å²) in [6.45, 7) is 8.28. The van der Waals surface area contributed by atoms with Crippen molar-refractivity contribution >= 4 is 5.91 Å². The van der Waals surface area contributed by atoms with Crippen LogP contribution < -0.4 is 5.73 Å². The SMILES string of the molecule is CC(C)=C[C@H]1[C@@H](C(N)=O)C1(C)C. The van der Waals surface area contributed by atoms with E-state index in [1.54, 1.807) is 0 Å². The molecule has 0 heterocycles. The van der Waals surface area contributed by atoms with Crippen molar-refractivity contribution in [3.8, 4) is 0 Å². The van der Waals surface area contributed by atoms with Gasteiger partial charge < -0.3 is 5.73 Å². The lowest BCUT2D eigenvalue weighted by atomic mass is 10.1. The third-order valence-corrected chi connectivity index (χ3v) is 2.73. The Labute approximate surface area is 73.8 Å². The van der Waals surface area contributed by atoms with E-state index in [2.05, 4.69) is 19.9 Å². The molecule has 0 bridgehead atoms. The highest BCUT2D eigenvalue weighted by atomic mass is 16.1. The molecule has 12 heavy (non-hydrogen) atoms. The number of primary amides is 1. The summed E-state index contributed by atoms with van der Waals surface area (Å²) in [6.07, 6.45) is 2.15. The van der Waals surface area contributed by atoms with Gasteiger partial charge in [0.1, 0.15) is 0 Å². The van der Waals surface area contributed by atoms with Gasteiger partial charge in [-0.3, -0.25) is 4.79 Å². The second-order valence-corrected chi connectivity index (χ2v) is 4.47. The van der Waals surface area contributed by atoms with E-state index in [-0.39, 0.29) is 17.2 Å². The van der Waals surface area contributed by atoms with Crippen LogP contribution in [-0.2, 0) is 4.79 Å². The number of hydrogen-bond acceptors (Lipinski definition) is 1. The summed E-state index contributed by atoms with van der Waals surface area (Å²) < 4.78 is 0. The summed E-state index contributed by atoms with van der Waals surface area (Å²) in [6, 6.07) is 0. The zero-order valence-corrected chi connectivity index (χ0v) is 8.22. The molecule has 0 aromatic heterocycles. The quantitative estimate of drug-likeness (QED) is 0.625. The smallest absolute Gasteiger partial charge is 0.221 e. The first-order valence-electron chi connectivity index (χ1n) is 4.31. The van der Waals surface area contributed by atoms with E-state index in [1.165, 1.54) is 5.57 Å². The van der Waals surface area contributed by atoms with Crippen molar-refractivity contribution in [2.24, 2.45) is 23.0 Å². The van der Waals surface area contributed by atoms with Crippen molar-refractivity contribution in [2.45, 2.75) is 27.7 Å². The van der Waals surface area contributed by atoms with Gasteiger partial charge in [0.05, 0.1) is 5.92 Å². The maximum atomic E-state index is 11.0. The van der Waals surface area contributed by atoms with E-state index in [4.69, 9.17) is 5.73 Å². The van der Waals surface area contributed by atoms with Gasteiger partial charge in [-0.05, 0) is 25.2 Å². The minimum Gasteiger partial charge on any atom is -0.369 e. The van der Waals surface area contributed by atoms with Crippen LogP contribution >= 0.6 is 0 Å². The van der Waals surface area contributed by atoms with Gasteiger partial charge in [-0.1, -0.05) is 25.5 Å². The molecule has 2 heteroatoms. The van der Waals surface area contributed by atoms with E-state index in [0.717, 1.165) is 0 Å². The molecule has 0 spiro atoms. The molecule has 2 N–H and O–H groups in total. The second kappa shape index (κ2) is 2.61. The first-order valence-corrected chi connectivity index (χ1v) is 4.31. The van der Waals surface area contributed by atoms with Gasteiger partial charge in [-0.2, -0.15) is 0 Å². The Hall–Kier alpha value is -0.790. The maximum absolute atomic E-state index is 11.0. The fourth-order valence-electron chi connectivity index (χ4n) is 1.89. The standard InChI is InChI=1S/C10H17NO/c1-6(2)5-7-8(9(11)12)10(7,3)4/h5,7-8H,1-4H3,(H2,11,12)/t7-,8-/m0/s1. The van der Waals surface area contributed by atoms with Crippen molar-refractivity contribution < 1.29 is 4.79 Å².